The van der Waals surface area contributed by atoms with Gasteiger partial charge in [0.05, 0.1) is 24.9 Å². The van der Waals surface area contributed by atoms with Crippen LogP contribution in [-0.2, 0) is 28.6 Å². The maximum absolute atomic E-state index is 14.1. The Labute approximate surface area is 356 Å². The van der Waals surface area contributed by atoms with E-state index >= 15 is 0 Å². The zero-order valence-corrected chi connectivity index (χ0v) is 37.1. The van der Waals surface area contributed by atoms with Gasteiger partial charge in [0.2, 0.25) is 11.8 Å². The third kappa shape index (κ3) is 14.2. The number of nitrogens with one attached hydrogen (secondary N) is 1. The zero-order valence-electron chi connectivity index (χ0n) is 37.1. The minimum atomic E-state index is -0.883. The van der Waals surface area contributed by atoms with E-state index in [-0.39, 0.29) is 36.0 Å². The Bertz CT molecular complexity index is 1360. The number of aliphatic imine (C=N–C) groups is 1. The van der Waals surface area contributed by atoms with Crippen LogP contribution in [0.4, 0.5) is 0 Å². The molecular formula is C47H82N6O6. The van der Waals surface area contributed by atoms with E-state index in [0.717, 1.165) is 95.9 Å². The number of hydrogen-bond acceptors (Lipinski definition) is 10. The van der Waals surface area contributed by atoms with Gasteiger partial charge in [-0.3, -0.25) is 14.4 Å². The molecule has 12 heteroatoms. The largest absolute Gasteiger partial charge is 0.465 e. The van der Waals surface area contributed by atoms with E-state index in [2.05, 4.69) is 36.2 Å². The van der Waals surface area contributed by atoms with Crippen molar-refractivity contribution in [2.75, 3.05) is 26.2 Å². The Kier molecular flexibility index (Phi) is 19.8. The van der Waals surface area contributed by atoms with Crippen LogP contribution in [0.1, 0.15) is 194 Å². The van der Waals surface area contributed by atoms with Gasteiger partial charge in [-0.05, 0) is 90.5 Å². The first-order valence-electron chi connectivity index (χ1n) is 24.3. The number of esters is 1. The van der Waals surface area contributed by atoms with Crippen molar-refractivity contribution in [3.8, 4) is 0 Å². The highest BCUT2D eigenvalue weighted by Crippen LogP contribution is 2.50. The number of carbonyl (C=O) groups excluding carboxylic acids is 3. The predicted octanol–water partition coefficient (Wildman–Crippen LogP) is 8.15. The first kappa shape index (κ1) is 47.4. The van der Waals surface area contributed by atoms with Gasteiger partial charge in [-0.1, -0.05) is 103 Å². The Morgan fingerprint density at radius 2 is 1.53 bits per heavy atom. The van der Waals surface area contributed by atoms with Gasteiger partial charge in [0.25, 0.3) is 0 Å². The summed E-state index contributed by atoms with van der Waals surface area (Å²) in [7, 11) is 0. The Balaban J connectivity index is 0.908. The number of guanidine groups is 1. The maximum Gasteiger partial charge on any atom is 0.316 e. The van der Waals surface area contributed by atoms with Crippen LogP contribution in [-0.4, -0.2) is 95.5 Å². The van der Waals surface area contributed by atoms with Crippen molar-refractivity contribution in [2.24, 2.45) is 22.4 Å². The van der Waals surface area contributed by atoms with E-state index in [1.807, 2.05) is 4.90 Å². The van der Waals surface area contributed by atoms with E-state index in [1.54, 1.807) is 0 Å². The third-order valence-electron chi connectivity index (χ3n) is 13.6. The first-order valence-corrected chi connectivity index (χ1v) is 24.3. The highest BCUT2D eigenvalue weighted by Gasteiger charge is 2.62. The maximum atomic E-state index is 14.1. The molecule has 0 aromatic carbocycles. The highest BCUT2D eigenvalue weighted by molar-refractivity contribution is 5.87. The molecule has 3 fully saturated rings. The van der Waals surface area contributed by atoms with E-state index < -0.39 is 17.4 Å². The second kappa shape index (κ2) is 24.7. The normalized spacial score (nSPS) is 28.6. The fourth-order valence-corrected chi connectivity index (χ4v) is 10.5. The predicted molar refractivity (Wildman–Crippen MR) is 234 cm³/mol. The number of hydrogen-bond donors (Lipinski definition) is 3. The quantitative estimate of drug-likeness (QED) is 0.0422. The van der Waals surface area contributed by atoms with Crippen LogP contribution in [0.3, 0.4) is 0 Å². The number of allylic oxidation sites excluding steroid dienone is 1. The summed E-state index contributed by atoms with van der Waals surface area (Å²) in [5, 5.41) is 3.80. The molecule has 5 aliphatic heterocycles. The Hall–Kier alpha value is -2.70. The molecule has 0 saturated carbocycles. The molecule has 3 saturated heterocycles. The van der Waals surface area contributed by atoms with Gasteiger partial charge in [0.1, 0.15) is 11.6 Å². The summed E-state index contributed by atoms with van der Waals surface area (Å²) in [5.74, 6) is 0.191. The van der Waals surface area contributed by atoms with Gasteiger partial charge in [-0.2, -0.15) is 0 Å². The molecule has 5 aliphatic rings. The number of rotatable bonds is 27. The molecule has 5 rings (SSSR count). The summed E-state index contributed by atoms with van der Waals surface area (Å²) in [6, 6.07) is 0.334. The summed E-state index contributed by atoms with van der Waals surface area (Å²) in [6.07, 6.45) is 33.4. The molecule has 0 radical (unpaired) electrons. The molecule has 59 heavy (non-hydrogen) atoms. The number of primary amides is 1. The molecular weight excluding hydrogens is 745 g/mol. The van der Waals surface area contributed by atoms with E-state index in [9.17, 15) is 14.4 Å². The minimum Gasteiger partial charge on any atom is -0.465 e. The number of amides is 2. The number of nitrogens with zero attached hydrogens (tertiary/aromatic N) is 3. The van der Waals surface area contributed by atoms with Crippen molar-refractivity contribution in [3.63, 3.8) is 0 Å². The second-order valence-corrected chi connectivity index (χ2v) is 18.5. The summed E-state index contributed by atoms with van der Waals surface area (Å²) >= 11 is 0. The van der Waals surface area contributed by atoms with E-state index in [1.165, 1.54) is 70.6 Å². The summed E-state index contributed by atoms with van der Waals surface area (Å²) in [4.78, 5) is 47.4. The number of nitrogens with two attached hydrogens (primary N) is 2. The van der Waals surface area contributed by atoms with Crippen LogP contribution in [0.15, 0.2) is 17.1 Å². The lowest BCUT2D eigenvalue weighted by Crippen LogP contribution is -2.71. The number of unbranched alkanes of at least 4 members (excludes halogenated alkanes) is 14. The average molecular weight is 827 g/mol. The molecule has 7 atom stereocenters. The van der Waals surface area contributed by atoms with Crippen LogP contribution in [0.25, 0.3) is 0 Å². The molecule has 2 amide bonds. The first-order chi connectivity index (χ1) is 28.7. The molecule has 5 N–H and O–H groups in total. The van der Waals surface area contributed by atoms with Crippen molar-refractivity contribution in [3.05, 3.63) is 12.2 Å². The SMILES string of the molecule is CC[C@H]1C=CCC[C@@]2(C[C@@H]3CC[C@H]4[C@H](C(=O)OCCCCCCCCCCCCCCCCCC(=O)N(CCCN)CCCC(N)=O)[C@]5(CCC[C@@H](C)O5)N=C(N2)N34)O1. The summed E-state index contributed by atoms with van der Waals surface area (Å²) in [5.41, 5.74) is 9.58. The molecule has 12 nitrogen and oxygen atoms in total. The van der Waals surface area contributed by atoms with Crippen molar-refractivity contribution in [1.82, 2.24) is 15.1 Å². The number of ether oxygens (including phenoxy) is 3. The zero-order chi connectivity index (χ0) is 41.9. The van der Waals surface area contributed by atoms with Crippen LogP contribution < -0.4 is 16.8 Å². The van der Waals surface area contributed by atoms with Gasteiger partial charge < -0.3 is 40.8 Å². The van der Waals surface area contributed by atoms with Crippen molar-refractivity contribution < 1.29 is 28.6 Å². The lowest BCUT2D eigenvalue weighted by molar-refractivity contribution is -0.194. The fraction of sp³-hybridized carbons (Fsp3) is 0.872. The van der Waals surface area contributed by atoms with E-state index in [0.29, 0.717) is 51.5 Å². The van der Waals surface area contributed by atoms with Crippen molar-refractivity contribution >= 4 is 23.7 Å². The van der Waals surface area contributed by atoms with Crippen molar-refractivity contribution in [1.29, 1.82) is 0 Å². The summed E-state index contributed by atoms with van der Waals surface area (Å²) < 4.78 is 19.6. The van der Waals surface area contributed by atoms with Crippen LogP contribution in [0.5, 0.6) is 0 Å². The molecule has 0 aliphatic carbocycles. The van der Waals surface area contributed by atoms with Crippen LogP contribution in [0, 0.1) is 5.92 Å². The molecule has 336 valence electrons. The van der Waals surface area contributed by atoms with Crippen molar-refractivity contribution in [2.45, 2.75) is 229 Å². The molecule has 0 bridgehead atoms. The topological polar surface area (TPSA) is 162 Å². The monoisotopic (exact) mass is 827 g/mol. The van der Waals surface area contributed by atoms with Gasteiger partial charge in [-0.25, -0.2) is 4.99 Å². The van der Waals surface area contributed by atoms with Gasteiger partial charge in [0.15, 0.2) is 11.7 Å². The third-order valence-corrected chi connectivity index (χ3v) is 13.6. The van der Waals surface area contributed by atoms with E-state index in [4.69, 9.17) is 30.7 Å². The standard InChI is InChI=1S/C47H82N6O6/c1-3-39-25-18-19-30-46(59-39)36-38-28-29-40-43(47(31-21-24-37(2)58-47)51-45(50-46)53(38)40)44(56)57-35-20-16-14-12-10-8-6-4-5-7-9-11-13-15-17-27-42(55)52(34-23-32-48)33-22-26-41(49)54/h18,25,37-40,43H,3-17,19-24,26-36,48H2,1-2H3,(H2,49,54)(H,50,51)/t37-,38+,39+,40+,43-,46+,47-/m1/s1. The van der Waals surface area contributed by atoms with Gasteiger partial charge in [-0.15, -0.1) is 0 Å². The molecule has 0 aromatic rings. The lowest BCUT2D eigenvalue weighted by Gasteiger charge is -2.55. The van der Waals surface area contributed by atoms with Crippen LogP contribution >= 0.6 is 0 Å². The smallest absolute Gasteiger partial charge is 0.316 e. The fourth-order valence-electron chi connectivity index (χ4n) is 10.5. The molecule has 0 aromatic heterocycles. The minimum absolute atomic E-state index is 0.0342. The van der Waals surface area contributed by atoms with Crippen LogP contribution in [0.2, 0.25) is 0 Å². The number of carbonyl (C=O) groups is 3. The van der Waals surface area contributed by atoms with Gasteiger partial charge >= 0.3 is 5.97 Å². The Morgan fingerprint density at radius 1 is 0.864 bits per heavy atom. The highest BCUT2D eigenvalue weighted by atomic mass is 16.6. The average Bonchev–Trinajstić information content (AvgIpc) is 3.52. The summed E-state index contributed by atoms with van der Waals surface area (Å²) in [6.45, 7) is 6.58. The molecule has 5 heterocycles. The lowest BCUT2D eigenvalue weighted by atomic mass is 9.80. The molecule has 2 spiro atoms. The molecule has 0 unspecified atom stereocenters. The van der Waals surface area contributed by atoms with Gasteiger partial charge in [0, 0.05) is 38.4 Å². The Morgan fingerprint density at radius 3 is 2.17 bits per heavy atom. The second-order valence-electron chi connectivity index (χ2n) is 18.5.